The lowest BCUT2D eigenvalue weighted by atomic mass is 9.75. The van der Waals surface area contributed by atoms with Gasteiger partial charge in [0.05, 0.1) is 4.92 Å². The van der Waals surface area contributed by atoms with Crippen molar-refractivity contribution in [3.05, 3.63) is 75.3 Å². The summed E-state index contributed by atoms with van der Waals surface area (Å²) in [5.74, 6) is -0.349. The monoisotopic (exact) mass is 283 g/mol. The van der Waals surface area contributed by atoms with Crippen molar-refractivity contribution >= 4 is 11.5 Å². The minimum absolute atomic E-state index is 0.0639. The molecule has 1 aliphatic rings. The summed E-state index contributed by atoms with van der Waals surface area (Å²) in [6, 6.07) is 12.7. The van der Waals surface area contributed by atoms with Crippen molar-refractivity contribution in [2.24, 2.45) is 0 Å². The second-order valence-electron chi connectivity index (χ2n) is 5.15. The molecular weight excluding hydrogens is 270 g/mol. The Bertz CT molecular complexity index is 723. The van der Waals surface area contributed by atoms with Gasteiger partial charge in [0.2, 0.25) is 0 Å². The van der Waals surface area contributed by atoms with Crippen LogP contribution < -0.4 is 0 Å². The summed E-state index contributed by atoms with van der Waals surface area (Å²) < 4.78 is 0. The average molecular weight is 283 g/mol. The Labute approximate surface area is 121 Å². The number of Topliss-reactive ketones (excluding diaryl/α,β-unsaturated/α-hetero) is 1. The van der Waals surface area contributed by atoms with Crippen LogP contribution in [0.5, 0.6) is 0 Å². The molecule has 5 nitrogen and oxygen atoms in total. The van der Waals surface area contributed by atoms with E-state index in [1.54, 1.807) is 12.1 Å². The van der Waals surface area contributed by atoms with E-state index in [0.29, 0.717) is 17.5 Å². The molecule has 5 heteroatoms. The molecule has 0 saturated heterocycles. The van der Waals surface area contributed by atoms with Crippen LogP contribution in [0.1, 0.15) is 27.9 Å². The maximum atomic E-state index is 12.6. The summed E-state index contributed by atoms with van der Waals surface area (Å²) in [6.45, 7) is 0. The van der Waals surface area contributed by atoms with E-state index in [1.807, 2.05) is 12.1 Å². The Morgan fingerprint density at radius 2 is 1.76 bits per heavy atom. The molecule has 2 aromatic carbocycles. The fraction of sp³-hybridized carbons (Fsp3) is 0.188. The van der Waals surface area contributed by atoms with Crippen molar-refractivity contribution in [1.82, 2.24) is 0 Å². The van der Waals surface area contributed by atoms with Crippen LogP contribution in [0, 0.1) is 10.1 Å². The molecule has 1 N–H and O–H groups in total. The summed E-state index contributed by atoms with van der Waals surface area (Å²) in [6.07, 6.45) is 0.871. The van der Waals surface area contributed by atoms with Crippen LogP contribution >= 0.6 is 0 Å². The number of nitro groups is 1. The lowest BCUT2D eigenvalue weighted by Crippen LogP contribution is -2.40. The maximum Gasteiger partial charge on any atom is 0.269 e. The predicted octanol–water partition coefficient (Wildman–Crippen LogP) is 2.61. The summed E-state index contributed by atoms with van der Waals surface area (Å²) in [7, 11) is 0. The Kier molecular flexibility index (Phi) is 3.07. The van der Waals surface area contributed by atoms with Crippen LogP contribution in [0.2, 0.25) is 0 Å². The maximum absolute atomic E-state index is 12.6. The first-order valence-corrected chi connectivity index (χ1v) is 6.62. The van der Waals surface area contributed by atoms with Crippen molar-refractivity contribution in [3.8, 4) is 0 Å². The zero-order valence-corrected chi connectivity index (χ0v) is 11.2. The lowest BCUT2D eigenvalue weighted by molar-refractivity contribution is -0.384. The third-order valence-corrected chi connectivity index (χ3v) is 3.95. The van der Waals surface area contributed by atoms with Crippen LogP contribution in [0.25, 0.3) is 0 Å². The number of carbonyl (C=O) groups is 1. The van der Waals surface area contributed by atoms with Gasteiger partial charge in [-0.3, -0.25) is 14.9 Å². The van der Waals surface area contributed by atoms with Gasteiger partial charge in [-0.2, -0.15) is 0 Å². The highest BCUT2D eigenvalue weighted by Gasteiger charge is 2.42. The van der Waals surface area contributed by atoms with Gasteiger partial charge >= 0.3 is 0 Å². The molecule has 0 radical (unpaired) electrons. The fourth-order valence-corrected chi connectivity index (χ4v) is 2.75. The Morgan fingerprint density at radius 3 is 2.43 bits per heavy atom. The predicted molar refractivity (Wildman–Crippen MR) is 76.1 cm³/mol. The van der Waals surface area contributed by atoms with Crippen LogP contribution in [-0.2, 0) is 12.0 Å². The normalized spacial score (nSPS) is 20.9. The number of rotatable bonds is 2. The van der Waals surface area contributed by atoms with E-state index in [-0.39, 0.29) is 17.9 Å². The molecule has 3 rings (SSSR count). The van der Waals surface area contributed by atoms with Crippen molar-refractivity contribution in [3.63, 3.8) is 0 Å². The van der Waals surface area contributed by atoms with Gasteiger partial charge in [-0.1, -0.05) is 24.3 Å². The highest BCUT2D eigenvalue weighted by atomic mass is 16.6. The van der Waals surface area contributed by atoms with E-state index < -0.39 is 10.5 Å². The van der Waals surface area contributed by atoms with Gasteiger partial charge < -0.3 is 5.11 Å². The number of hydrogen-bond donors (Lipinski definition) is 1. The molecule has 0 spiro atoms. The summed E-state index contributed by atoms with van der Waals surface area (Å²) in [5, 5.41) is 21.4. The number of nitrogens with zero attached hydrogens (tertiary/aromatic N) is 1. The summed E-state index contributed by atoms with van der Waals surface area (Å²) in [5.41, 5.74) is 0.168. The lowest BCUT2D eigenvalue weighted by Gasteiger charge is -2.32. The Balaban J connectivity index is 2.02. The van der Waals surface area contributed by atoms with Gasteiger partial charge in [-0.25, -0.2) is 0 Å². The number of ketones is 1. The zero-order valence-electron chi connectivity index (χ0n) is 11.2. The number of non-ortho nitro benzene ring substituents is 1. The van der Waals surface area contributed by atoms with Crippen LogP contribution in [0.15, 0.2) is 48.5 Å². The van der Waals surface area contributed by atoms with E-state index in [1.165, 1.54) is 24.3 Å². The first-order valence-electron chi connectivity index (χ1n) is 6.62. The van der Waals surface area contributed by atoms with E-state index in [9.17, 15) is 20.0 Å². The average Bonchev–Trinajstić information content (AvgIpc) is 2.51. The van der Waals surface area contributed by atoms with E-state index in [2.05, 4.69) is 0 Å². The minimum atomic E-state index is -1.61. The van der Waals surface area contributed by atoms with Crippen molar-refractivity contribution in [2.45, 2.75) is 18.4 Å². The molecule has 0 fully saturated rings. The molecule has 0 heterocycles. The number of fused-ring (bicyclic) bond motifs is 1. The highest BCUT2D eigenvalue weighted by molar-refractivity contribution is 6.05. The Morgan fingerprint density at radius 1 is 1.10 bits per heavy atom. The fourth-order valence-electron chi connectivity index (χ4n) is 2.75. The molecule has 21 heavy (non-hydrogen) atoms. The summed E-state index contributed by atoms with van der Waals surface area (Å²) in [4.78, 5) is 22.7. The number of aryl methyl sites for hydroxylation is 1. The van der Waals surface area contributed by atoms with E-state index in [4.69, 9.17) is 0 Å². The first-order chi connectivity index (χ1) is 10.0. The van der Waals surface area contributed by atoms with Crippen LogP contribution in [-0.4, -0.2) is 15.8 Å². The van der Waals surface area contributed by atoms with Gasteiger partial charge in [-0.05, 0) is 36.1 Å². The summed E-state index contributed by atoms with van der Waals surface area (Å²) >= 11 is 0. The third-order valence-electron chi connectivity index (χ3n) is 3.95. The number of nitro benzene ring substituents is 1. The van der Waals surface area contributed by atoms with Crippen molar-refractivity contribution in [1.29, 1.82) is 0 Å². The molecule has 0 amide bonds. The highest BCUT2D eigenvalue weighted by Crippen LogP contribution is 2.36. The zero-order chi connectivity index (χ0) is 15.0. The van der Waals surface area contributed by atoms with Gasteiger partial charge in [0.25, 0.3) is 5.69 Å². The molecule has 0 aliphatic heterocycles. The molecule has 2 aromatic rings. The number of benzene rings is 2. The second-order valence-corrected chi connectivity index (χ2v) is 5.15. The molecule has 106 valence electrons. The van der Waals surface area contributed by atoms with Crippen molar-refractivity contribution < 1.29 is 14.8 Å². The van der Waals surface area contributed by atoms with E-state index >= 15 is 0 Å². The molecule has 0 bridgehead atoms. The standard InChI is InChI=1S/C16H13NO4/c18-15-14-4-2-1-3-11(14)9-10-16(15,19)12-5-7-13(8-6-12)17(20)21/h1-8,19H,9-10H2. The SMILES string of the molecule is O=C1c2ccccc2CCC1(O)c1ccc([N+](=O)[O-])cc1. The third kappa shape index (κ3) is 2.11. The quantitative estimate of drug-likeness (QED) is 0.678. The van der Waals surface area contributed by atoms with Gasteiger partial charge in [-0.15, -0.1) is 0 Å². The van der Waals surface area contributed by atoms with E-state index in [0.717, 1.165) is 5.56 Å². The second kappa shape index (κ2) is 4.79. The molecule has 1 aliphatic carbocycles. The number of carbonyl (C=O) groups excluding carboxylic acids is 1. The molecule has 0 aromatic heterocycles. The van der Waals surface area contributed by atoms with Gasteiger partial charge in [0.15, 0.2) is 11.4 Å². The van der Waals surface area contributed by atoms with Gasteiger partial charge in [0.1, 0.15) is 0 Å². The smallest absolute Gasteiger partial charge is 0.269 e. The molecule has 1 atom stereocenters. The van der Waals surface area contributed by atoms with Crippen molar-refractivity contribution in [2.75, 3.05) is 0 Å². The Hall–Kier alpha value is -2.53. The minimum Gasteiger partial charge on any atom is -0.377 e. The van der Waals surface area contributed by atoms with Gasteiger partial charge in [0, 0.05) is 17.7 Å². The molecular formula is C16H13NO4. The number of aliphatic hydroxyl groups is 1. The first kappa shape index (κ1) is 13.5. The topological polar surface area (TPSA) is 80.4 Å². The van der Waals surface area contributed by atoms with Crippen LogP contribution in [0.4, 0.5) is 5.69 Å². The molecule has 1 unspecified atom stereocenters. The largest absolute Gasteiger partial charge is 0.377 e. The van der Waals surface area contributed by atoms with Crippen LogP contribution in [0.3, 0.4) is 0 Å². The molecule has 0 saturated carbocycles. The number of hydrogen-bond acceptors (Lipinski definition) is 4.